The molecule has 0 aliphatic carbocycles. The molecule has 0 fully saturated rings. The van der Waals surface area contributed by atoms with E-state index >= 15 is 0 Å². The molecule has 1 aliphatic heterocycles. The Bertz CT molecular complexity index is 1620. The molecule has 6 aromatic rings. The van der Waals surface area contributed by atoms with E-state index in [0.717, 1.165) is 16.9 Å². The Morgan fingerprint density at radius 1 is 0.548 bits per heavy atom. The molecular weight excluding hydrogens is 376 g/mol. The third kappa shape index (κ3) is 2.25. The van der Waals surface area contributed by atoms with Gasteiger partial charge in [-0.3, -0.25) is 4.57 Å². The van der Waals surface area contributed by atoms with Crippen LogP contribution in [0.5, 0.6) is 0 Å². The Morgan fingerprint density at radius 3 is 2.03 bits per heavy atom. The van der Waals surface area contributed by atoms with Crippen molar-refractivity contribution in [3.63, 3.8) is 0 Å². The van der Waals surface area contributed by atoms with Gasteiger partial charge >= 0.3 is 0 Å². The summed E-state index contributed by atoms with van der Waals surface area (Å²) in [6, 6.07) is 38.8. The fourth-order valence-corrected chi connectivity index (χ4v) is 4.99. The molecule has 0 amide bonds. The van der Waals surface area contributed by atoms with Crippen LogP contribution >= 0.6 is 0 Å². The Hall–Kier alpha value is -4.17. The summed E-state index contributed by atoms with van der Waals surface area (Å²) in [7, 11) is 0. The second-order valence-corrected chi connectivity index (χ2v) is 8.04. The van der Waals surface area contributed by atoms with Crippen LogP contribution in [0.25, 0.3) is 61.1 Å². The molecule has 0 spiro atoms. The highest BCUT2D eigenvalue weighted by Crippen LogP contribution is 2.46. The fourth-order valence-electron chi connectivity index (χ4n) is 4.99. The van der Waals surface area contributed by atoms with E-state index in [9.17, 15) is 0 Å². The normalized spacial score (nSPS) is 11.9. The zero-order valence-electron chi connectivity index (χ0n) is 16.8. The zero-order chi connectivity index (χ0) is 20.4. The number of fused-ring (bicyclic) bond motifs is 7. The van der Waals surface area contributed by atoms with Gasteiger partial charge in [-0.1, -0.05) is 97.1 Å². The molecule has 2 heteroatoms. The van der Waals surface area contributed by atoms with Crippen LogP contribution in [0.15, 0.2) is 109 Å². The molecule has 0 saturated carbocycles. The lowest BCUT2D eigenvalue weighted by molar-refractivity contribution is 1.11. The first kappa shape index (κ1) is 16.6. The van der Waals surface area contributed by atoms with Gasteiger partial charge in [-0.05, 0) is 28.6 Å². The zero-order valence-corrected chi connectivity index (χ0v) is 16.8. The number of aromatic nitrogens is 2. The molecule has 0 atom stereocenters. The highest BCUT2D eigenvalue weighted by Gasteiger charge is 2.26. The van der Waals surface area contributed by atoms with E-state index in [-0.39, 0.29) is 0 Å². The van der Waals surface area contributed by atoms with Gasteiger partial charge in [0, 0.05) is 22.1 Å². The van der Waals surface area contributed by atoms with Crippen molar-refractivity contribution in [2.45, 2.75) is 0 Å². The minimum Gasteiger partial charge on any atom is -0.291 e. The quantitative estimate of drug-likeness (QED) is 0.282. The van der Waals surface area contributed by atoms with E-state index in [2.05, 4.69) is 114 Å². The van der Waals surface area contributed by atoms with Crippen molar-refractivity contribution >= 4 is 21.8 Å². The molecule has 144 valence electrons. The molecule has 1 aromatic heterocycles. The highest BCUT2D eigenvalue weighted by molar-refractivity contribution is 6.15. The minimum atomic E-state index is 0.980. The molecule has 0 bridgehead atoms. The number of nitrogens with zero attached hydrogens (tertiary/aromatic N) is 2. The van der Waals surface area contributed by atoms with Crippen molar-refractivity contribution in [1.29, 1.82) is 0 Å². The molecule has 5 aromatic carbocycles. The standard InChI is InChI=1S/C29H18N2/c1-2-10-19(11-3-1)29-30-27-21-13-5-4-12-20(21)18-25-23-15-7-6-14-22(23)24-16-8-9-17-26(24)31(29)28(25)27/h1-18H. The van der Waals surface area contributed by atoms with Gasteiger partial charge < -0.3 is 0 Å². The van der Waals surface area contributed by atoms with Crippen molar-refractivity contribution in [2.75, 3.05) is 0 Å². The lowest BCUT2D eigenvalue weighted by Crippen LogP contribution is -1.98. The van der Waals surface area contributed by atoms with Crippen molar-refractivity contribution < 1.29 is 0 Å². The Kier molecular flexibility index (Phi) is 3.30. The summed E-state index contributed by atoms with van der Waals surface area (Å²) in [5.41, 5.74) is 9.50. The maximum Gasteiger partial charge on any atom is 0.145 e. The van der Waals surface area contributed by atoms with E-state index in [1.807, 2.05) is 0 Å². The summed E-state index contributed by atoms with van der Waals surface area (Å²) in [6.45, 7) is 0. The number of rotatable bonds is 1. The van der Waals surface area contributed by atoms with E-state index in [4.69, 9.17) is 4.98 Å². The molecule has 0 N–H and O–H groups in total. The van der Waals surface area contributed by atoms with E-state index in [1.54, 1.807) is 0 Å². The number of hydrogen-bond acceptors (Lipinski definition) is 1. The van der Waals surface area contributed by atoms with E-state index in [1.165, 1.54) is 44.2 Å². The van der Waals surface area contributed by atoms with E-state index < -0.39 is 0 Å². The van der Waals surface area contributed by atoms with Crippen LogP contribution in [0.2, 0.25) is 0 Å². The molecule has 0 radical (unpaired) electrons. The monoisotopic (exact) mass is 394 g/mol. The van der Waals surface area contributed by atoms with Gasteiger partial charge in [-0.25, -0.2) is 4.98 Å². The Labute approximate surface area is 180 Å². The molecule has 7 rings (SSSR count). The summed E-state index contributed by atoms with van der Waals surface area (Å²) >= 11 is 0. The van der Waals surface area contributed by atoms with Gasteiger partial charge in [-0.15, -0.1) is 0 Å². The van der Waals surface area contributed by atoms with Crippen molar-refractivity contribution in [3.8, 4) is 39.3 Å². The van der Waals surface area contributed by atoms with Gasteiger partial charge in [0.1, 0.15) is 5.82 Å². The van der Waals surface area contributed by atoms with Gasteiger partial charge in [0.2, 0.25) is 0 Å². The minimum absolute atomic E-state index is 0.980. The number of imidazole rings is 1. The predicted molar refractivity (Wildman–Crippen MR) is 128 cm³/mol. The van der Waals surface area contributed by atoms with Crippen LogP contribution in [0, 0.1) is 0 Å². The van der Waals surface area contributed by atoms with E-state index in [0.29, 0.717) is 0 Å². The maximum atomic E-state index is 5.26. The highest BCUT2D eigenvalue weighted by atomic mass is 15.1. The largest absolute Gasteiger partial charge is 0.291 e. The van der Waals surface area contributed by atoms with Gasteiger partial charge in [0.25, 0.3) is 0 Å². The number of benzene rings is 5. The predicted octanol–water partition coefficient (Wildman–Crippen LogP) is 7.49. The molecular formula is C29H18N2. The Balaban J connectivity index is 1.78. The lowest BCUT2D eigenvalue weighted by atomic mass is 9.93. The molecule has 1 aliphatic rings. The van der Waals surface area contributed by atoms with Crippen LogP contribution in [0.4, 0.5) is 0 Å². The summed E-state index contributed by atoms with van der Waals surface area (Å²) in [5.74, 6) is 0.980. The van der Waals surface area contributed by atoms with Crippen molar-refractivity contribution in [2.24, 2.45) is 0 Å². The third-order valence-corrected chi connectivity index (χ3v) is 6.33. The first-order valence-corrected chi connectivity index (χ1v) is 10.6. The van der Waals surface area contributed by atoms with Crippen LogP contribution in [-0.2, 0) is 0 Å². The summed E-state index contributed by atoms with van der Waals surface area (Å²) < 4.78 is 2.36. The molecule has 2 heterocycles. The first-order valence-electron chi connectivity index (χ1n) is 10.6. The topological polar surface area (TPSA) is 17.8 Å². The molecule has 2 nitrogen and oxygen atoms in total. The van der Waals surface area contributed by atoms with Crippen LogP contribution in [0.3, 0.4) is 0 Å². The second-order valence-electron chi connectivity index (χ2n) is 8.04. The number of para-hydroxylation sites is 1. The lowest BCUT2D eigenvalue weighted by Gasteiger charge is -2.13. The molecule has 0 saturated heterocycles. The first-order chi connectivity index (χ1) is 15.4. The average molecular weight is 394 g/mol. The van der Waals surface area contributed by atoms with Gasteiger partial charge in [-0.2, -0.15) is 0 Å². The van der Waals surface area contributed by atoms with Gasteiger partial charge in [0.15, 0.2) is 0 Å². The smallest absolute Gasteiger partial charge is 0.145 e. The third-order valence-electron chi connectivity index (χ3n) is 6.33. The Morgan fingerprint density at radius 2 is 1.19 bits per heavy atom. The molecule has 0 unspecified atom stereocenters. The van der Waals surface area contributed by atoms with Crippen LogP contribution < -0.4 is 0 Å². The van der Waals surface area contributed by atoms with Crippen LogP contribution in [0.1, 0.15) is 0 Å². The second kappa shape index (κ2) is 6.16. The maximum absolute atomic E-state index is 5.26. The summed E-state index contributed by atoms with van der Waals surface area (Å²) in [4.78, 5) is 5.26. The fraction of sp³-hybridized carbons (Fsp3) is 0. The van der Waals surface area contributed by atoms with Crippen LogP contribution in [-0.4, -0.2) is 9.55 Å². The SMILES string of the molecule is c1ccc(-c2nc3c4ccccc4cc4c3n2-c2ccccc2-c2ccccc2-4)cc1. The number of hydrogen-bond donors (Lipinski definition) is 0. The van der Waals surface area contributed by atoms with Gasteiger partial charge in [0.05, 0.1) is 16.7 Å². The van der Waals surface area contributed by atoms with Crippen molar-refractivity contribution in [3.05, 3.63) is 109 Å². The molecule has 31 heavy (non-hydrogen) atoms. The summed E-state index contributed by atoms with van der Waals surface area (Å²) in [5, 5.41) is 2.41. The average Bonchev–Trinajstić information content (AvgIpc) is 3.20. The summed E-state index contributed by atoms with van der Waals surface area (Å²) in [6.07, 6.45) is 0. The van der Waals surface area contributed by atoms with Crippen molar-refractivity contribution in [1.82, 2.24) is 9.55 Å².